The SMILES string of the molecule is Cc1ccc(-c2ccc(F)cc2)cc1F. The number of halogens is 2. The van der Waals surface area contributed by atoms with Crippen LogP contribution in [0.4, 0.5) is 8.78 Å². The van der Waals surface area contributed by atoms with Crippen LogP contribution < -0.4 is 0 Å². The van der Waals surface area contributed by atoms with Crippen molar-refractivity contribution in [2.24, 2.45) is 0 Å². The van der Waals surface area contributed by atoms with Gasteiger partial charge in [0.25, 0.3) is 0 Å². The lowest BCUT2D eigenvalue weighted by atomic mass is 10.0. The molecule has 0 nitrogen and oxygen atoms in total. The van der Waals surface area contributed by atoms with Gasteiger partial charge in [-0.05, 0) is 41.8 Å². The zero-order valence-corrected chi connectivity index (χ0v) is 8.30. The van der Waals surface area contributed by atoms with Gasteiger partial charge in [0, 0.05) is 0 Å². The Kier molecular flexibility index (Phi) is 2.50. The van der Waals surface area contributed by atoms with Crippen molar-refractivity contribution < 1.29 is 8.78 Å². The lowest BCUT2D eigenvalue weighted by molar-refractivity contribution is 0.619. The summed E-state index contributed by atoms with van der Waals surface area (Å²) < 4.78 is 25.9. The van der Waals surface area contributed by atoms with Crippen molar-refractivity contribution in [2.75, 3.05) is 0 Å². The Labute approximate surface area is 87.2 Å². The number of benzene rings is 2. The molecule has 0 unspecified atom stereocenters. The molecule has 76 valence electrons. The van der Waals surface area contributed by atoms with Crippen LogP contribution in [0.15, 0.2) is 42.5 Å². The number of aryl methyl sites for hydroxylation is 1. The van der Waals surface area contributed by atoms with Gasteiger partial charge in [-0.1, -0.05) is 24.3 Å². The van der Waals surface area contributed by atoms with Crippen molar-refractivity contribution in [1.29, 1.82) is 0 Å². The predicted molar refractivity (Wildman–Crippen MR) is 56.5 cm³/mol. The molecule has 0 aromatic heterocycles. The zero-order chi connectivity index (χ0) is 10.8. The number of hydrogen-bond donors (Lipinski definition) is 0. The van der Waals surface area contributed by atoms with Gasteiger partial charge in [0.15, 0.2) is 0 Å². The maximum Gasteiger partial charge on any atom is 0.126 e. The third kappa shape index (κ3) is 2.04. The summed E-state index contributed by atoms with van der Waals surface area (Å²) in [4.78, 5) is 0. The van der Waals surface area contributed by atoms with Crippen LogP contribution in [0.2, 0.25) is 0 Å². The molecule has 0 N–H and O–H groups in total. The monoisotopic (exact) mass is 204 g/mol. The fourth-order valence-corrected chi connectivity index (χ4v) is 1.41. The molecule has 2 aromatic rings. The molecular formula is C13H10F2. The third-order valence-corrected chi connectivity index (χ3v) is 2.35. The molecule has 0 radical (unpaired) electrons. The van der Waals surface area contributed by atoms with E-state index in [1.807, 2.05) is 6.07 Å². The van der Waals surface area contributed by atoms with E-state index in [2.05, 4.69) is 0 Å². The van der Waals surface area contributed by atoms with Crippen LogP contribution in [0, 0.1) is 18.6 Å². The molecule has 2 aromatic carbocycles. The van der Waals surface area contributed by atoms with E-state index in [0.29, 0.717) is 5.56 Å². The summed E-state index contributed by atoms with van der Waals surface area (Å²) in [5.41, 5.74) is 2.19. The first-order valence-electron chi connectivity index (χ1n) is 4.69. The Balaban J connectivity index is 2.45. The fraction of sp³-hybridized carbons (Fsp3) is 0.0769. The highest BCUT2D eigenvalue weighted by Crippen LogP contribution is 2.21. The van der Waals surface area contributed by atoms with Crippen molar-refractivity contribution in [3.05, 3.63) is 59.7 Å². The highest BCUT2D eigenvalue weighted by Gasteiger charge is 2.01. The van der Waals surface area contributed by atoms with Crippen molar-refractivity contribution in [3.63, 3.8) is 0 Å². The molecule has 0 atom stereocenters. The van der Waals surface area contributed by atoms with Crippen LogP contribution in [-0.2, 0) is 0 Å². The van der Waals surface area contributed by atoms with E-state index in [-0.39, 0.29) is 11.6 Å². The highest BCUT2D eigenvalue weighted by atomic mass is 19.1. The topological polar surface area (TPSA) is 0 Å². The standard InChI is InChI=1S/C13H10F2/c1-9-2-3-11(8-13(9)15)10-4-6-12(14)7-5-10/h2-8H,1H3. The summed E-state index contributed by atoms with van der Waals surface area (Å²) in [6.07, 6.45) is 0. The minimum atomic E-state index is -0.286. The molecule has 0 aliphatic rings. The van der Waals surface area contributed by atoms with Crippen LogP contribution in [-0.4, -0.2) is 0 Å². The summed E-state index contributed by atoms with van der Waals surface area (Å²) in [5, 5.41) is 0. The normalized spacial score (nSPS) is 10.3. The second-order valence-electron chi connectivity index (χ2n) is 3.47. The number of rotatable bonds is 1. The Hall–Kier alpha value is -1.70. The van der Waals surface area contributed by atoms with Gasteiger partial charge in [-0.3, -0.25) is 0 Å². The molecule has 0 fully saturated rings. The van der Waals surface area contributed by atoms with Crippen molar-refractivity contribution in [1.82, 2.24) is 0 Å². The molecule has 0 saturated carbocycles. The summed E-state index contributed by atoms with van der Waals surface area (Å²) in [6, 6.07) is 11.0. The second kappa shape index (κ2) is 3.81. The van der Waals surface area contributed by atoms with Gasteiger partial charge in [0.1, 0.15) is 11.6 Å². The smallest absolute Gasteiger partial charge is 0.126 e. The second-order valence-corrected chi connectivity index (χ2v) is 3.47. The van der Waals surface area contributed by atoms with Gasteiger partial charge in [0.05, 0.1) is 0 Å². The lowest BCUT2D eigenvalue weighted by Crippen LogP contribution is -1.84. The molecule has 0 aliphatic heterocycles. The molecule has 0 heterocycles. The Morgan fingerprint density at radius 1 is 0.800 bits per heavy atom. The summed E-state index contributed by atoms with van der Waals surface area (Å²) in [7, 11) is 0. The molecular weight excluding hydrogens is 194 g/mol. The lowest BCUT2D eigenvalue weighted by Gasteiger charge is -2.03. The first kappa shape index (κ1) is 9.84. The van der Waals surface area contributed by atoms with Gasteiger partial charge < -0.3 is 0 Å². The third-order valence-electron chi connectivity index (χ3n) is 2.35. The molecule has 0 aliphatic carbocycles. The van der Waals surface area contributed by atoms with E-state index in [9.17, 15) is 8.78 Å². The Morgan fingerprint density at radius 3 is 2.00 bits per heavy atom. The van der Waals surface area contributed by atoms with Gasteiger partial charge in [-0.25, -0.2) is 8.78 Å². The maximum atomic E-state index is 13.3. The minimum Gasteiger partial charge on any atom is -0.207 e. The Morgan fingerprint density at radius 2 is 1.40 bits per heavy atom. The average Bonchev–Trinajstić information content (AvgIpc) is 2.23. The molecule has 15 heavy (non-hydrogen) atoms. The van der Waals surface area contributed by atoms with Gasteiger partial charge >= 0.3 is 0 Å². The van der Waals surface area contributed by atoms with Crippen molar-refractivity contribution >= 4 is 0 Å². The molecule has 2 heteroatoms. The first-order chi connectivity index (χ1) is 7.16. The summed E-state index contributed by atoms with van der Waals surface area (Å²) in [6.45, 7) is 1.71. The van der Waals surface area contributed by atoms with E-state index in [1.54, 1.807) is 25.1 Å². The van der Waals surface area contributed by atoms with Crippen molar-refractivity contribution in [3.8, 4) is 11.1 Å². The zero-order valence-electron chi connectivity index (χ0n) is 8.30. The molecule has 0 spiro atoms. The van der Waals surface area contributed by atoms with E-state index >= 15 is 0 Å². The van der Waals surface area contributed by atoms with Gasteiger partial charge in [-0.2, -0.15) is 0 Å². The van der Waals surface area contributed by atoms with Crippen LogP contribution in [0.1, 0.15) is 5.56 Å². The van der Waals surface area contributed by atoms with Crippen LogP contribution in [0.5, 0.6) is 0 Å². The van der Waals surface area contributed by atoms with E-state index in [1.165, 1.54) is 18.2 Å². The molecule has 0 saturated heterocycles. The minimum absolute atomic E-state index is 0.239. The van der Waals surface area contributed by atoms with Gasteiger partial charge in [0.2, 0.25) is 0 Å². The number of hydrogen-bond acceptors (Lipinski definition) is 0. The van der Waals surface area contributed by atoms with Crippen molar-refractivity contribution in [2.45, 2.75) is 6.92 Å². The highest BCUT2D eigenvalue weighted by molar-refractivity contribution is 5.63. The predicted octanol–water partition coefficient (Wildman–Crippen LogP) is 3.94. The molecule has 0 bridgehead atoms. The van der Waals surface area contributed by atoms with E-state index in [0.717, 1.165) is 11.1 Å². The summed E-state index contributed by atoms with van der Waals surface area (Å²) in [5.74, 6) is -0.525. The molecule has 0 amide bonds. The quantitative estimate of drug-likeness (QED) is 0.660. The van der Waals surface area contributed by atoms with Crippen LogP contribution in [0.25, 0.3) is 11.1 Å². The van der Waals surface area contributed by atoms with E-state index < -0.39 is 0 Å². The van der Waals surface area contributed by atoms with Gasteiger partial charge in [-0.15, -0.1) is 0 Å². The summed E-state index contributed by atoms with van der Waals surface area (Å²) >= 11 is 0. The maximum absolute atomic E-state index is 13.3. The van der Waals surface area contributed by atoms with Crippen LogP contribution >= 0.6 is 0 Å². The average molecular weight is 204 g/mol. The van der Waals surface area contributed by atoms with Crippen LogP contribution in [0.3, 0.4) is 0 Å². The molecule has 2 rings (SSSR count). The van der Waals surface area contributed by atoms with E-state index in [4.69, 9.17) is 0 Å². The first-order valence-corrected chi connectivity index (χ1v) is 4.69. The Bertz CT molecular complexity index is 472. The largest absolute Gasteiger partial charge is 0.207 e. The fourth-order valence-electron chi connectivity index (χ4n) is 1.41.